The molecule has 2 aromatic carbocycles. The number of ether oxygens (including phenoxy) is 1. The molecule has 7 heteroatoms. The summed E-state index contributed by atoms with van der Waals surface area (Å²) < 4.78 is 30.2. The molecule has 0 saturated carbocycles. The van der Waals surface area contributed by atoms with Gasteiger partial charge < -0.3 is 10.1 Å². The topological polar surface area (TPSA) is 75.7 Å². The number of hydrogen-bond acceptors (Lipinski definition) is 4. The lowest BCUT2D eigenvalue weighted by Gasteiger charge is -2.20. The lowest BCUT2D eigenvalue weighted by Crippen LogP contribution is -2.28. The van der Waals surface area contributed by atoms with Gasteiger partial charge in [-0.3, -0.25) is 9.10 Å². The number of anilines is 1. The normalized spacial score (nSPS) is 11.1. The number of benzene rings is 2. The van der Waals surface area contributed by atoms with Gasteiger partial charge >= 0.3 is 0 Å². The van der Waals surface area contributed by atoms with Crippen LogP contribution in [-0.2, 0) is 16.6 Å². The third kappa shape index (κ3) is 4.76. The number of nitrogens with zero attached hydrogens (tertiary/aromatic N) is 1. The molecular formula is C19H24N2O4S. The minimum Gasteiger partial charge on any atom is -0.494 e. The Morgan fingerprint density at radius 2 is 1.88 bits per heavy atom. The van der Waals surface area contributed by atoms with Gasteiger partial charge in [0.15, 0.2) is 0 Å². The van der Waals surface area contributed by atoms with Crippen molar-refractivity contribution in [3.8, 4) is 5.75 Å². The lowest BCUT2D eigenvalue weighted by atomic mass is 10.1. The van der Waals surface area contributed by atoms with Crippen LogP contribution >= 0.6 is 0 Å². The van der Waals surface area contributed by atoms with E-state index >= 15 is 0 Å². The molecule has 0 aliphatic carbocycles. The Morgan fingerprint density at radius 3 is 2.54 bits per heavy atom. The first-order chi connectivity index (χ1) is 12.2. The average molecular weight is 376 g/mol. The monoisotopic (exact) mass is 376 g/mol. The minimum absolute atomic E-state index is 0.256. The second-order valence-electron chi connectivity index (χ2n) is 5.94. The number of nitrogens with one attached hydrogen (secondary N) is 1. The van der Waals surface area contributed by atoms with Gasteiger partial charge in [-0.25, -0.2) is 8.42 Å². The van der Waals surface area contributed by atoms with E-state index in [1.165, 1.54) is 11.4 Å². The number of carbonyl (C=O) groups is 1. The fourth-order valence-corrected chi connectivity index (χ4v) is 3.13. The zero-order valence-corrected chi connectivity index (χ0v) is 16.3. The highest BCUT2D eigenvalue weighted by Gasteiger charge is 2.18. The van der Waals surface area contributed by atoms with Gasteiger partial charge in [-0.15, -0.1) is 0 Å². The van der Waals surface area contributed by atoms with Crippen molar-refractivity contribution in [2.45, 2.75) is 20.4 Å². The smallest absolute Gasteiger partial charge is 0.251 e. The van der Waals surface area contributed by atoms with Gasteiger partial charge in [-0.2, -0.15) is 0 Å². The highest BCUT2D eigenvalue weighted by molar-refractivity contribution is 7.92. The number of rotatable bonds is 7. The maximum Gasteiger partial charge on any atom is 0.251 e. The van der Waals surface area contributed by atoms with Crippen molar-refractivity contribution in [3.63, 3.8) is 0 Å². The van der Waals surface area contributed by atoms with Crippen molar-refractivity contribution in [3.05, 3.63) is 59.2 Å². The van der Waals surface area contributed by atoms with Crippen molar-refractivity contribution in [2.75, 3.05) is 24.2 Å². The third-order valence-electron chi connectivity index (χ3n) is 4.05. The van der Waals surface area contributed by atoms with Crippen LogP contribution in [0.4, 0.5) is 5.69 Å². The van der Waals surface area contributed by atoms with Crippen LogP contribution in [0.15, 0.2) is 42.5 Å². The minimum atomic E-state index is -3.40. The van der Waals surface area contributed by atoms with Crippen LogP contribution in [0.5, 0.6) is 5.75 Å². The van der Waals surface area contributed by atoms with E-state index in [4.69, 9.17) is 4.74 Å². The van der Waals surface area contributed by atoms with Crippen molar-refractivity contribution in [2.24, 2.45) is 0 Å². The van der Waals surface area contributed by atoms with E-state index in [0.717, 1.165) is 17.6 Å². The molecular weight excluding hydrogens is 352 g/mol. The Labute approximate surface area is 154 Å². The molecule has 0 aliphatic heterocycles. The largest absolute Gasteiger partial charge is 0.494 e. The first-order valence-electron chi connectivity index (χ1n) is 8.27. The summed E-state index contributed by atoms with van der Waals surface area (Å²) >= 11 is 0. The Morgan fingerprint density at radius 1 is 1.19 bits per heavy atom. The highest BCUT2D eigenvalue weighted by atomic mass is 32.2. The van der Waals surface area contributed by atoms with E-state index in [0.29, 0.717) is 30.0 Å². The second kappa shape index (κ2) is 8.23. The van der Waals surface area contributed by atoms with Crippen LogP contribution in [-0.4, -0.2) is 34.2 Å². The molecule has 0 saturated heterocycles. The molecule has 0 spiro atoms. The van der Waals surface area contributed by atoms with E-state index in [-0.39, 0.29) is 5.91 Å². The van der Waals surface area contributed by atoms with E-state index in [1.54, 1.807) is 25.1 Å². The molecule has 26 heavy (non-hydrogen) atoms. The van der Waals surface area contributed by atoms with Crippen molar-refractivity contribution >= 4 is 21.6 Å². The van der Waals surface area contributed by atoms with Crippen LogP contribution in [0.2, 0.25) is 0 Å². The molecule has 1 amide bonds. The molecule has 2 aromatic rings. The van der Waals surface area contributed by atoms with Gasteiger partial charge in [0.1, 0.15) is 5.75 Å². The number of amides is 1. The van der Waals surface area contributed by atoms with Gasteiger partial charge in [0.05, 0.1) is 18.6 Å². The zero-order chi connectivity index (χ0) is 19.3. The number of hydrogen-bond donors (Lipinski definition) is 1. The predicted octanol–water partition coefficient (Wildman–Crippen LogP) is 2.72. The van der Waals surface area contributed by atoms with Crippen molar-refractivity contribution in [1.29, 1.82) is 0 Å². The maximum atomic E-state index is 12.6. The standard InChI is InChI=1S/C19H24N2O4S/c1-5-25-16-9-6-8-15(12-16)13-20-19(22)17-10-7-11-18(14(17)2)21(3)26(4,23)24/h6-12H,5,13H2,1-4H3,(H,20,22). The fourth-order valence-electron chi connectivity index (χ4n) is 2.58. The van der Waals surface area contributed by atoms with Gasteiger partial charge in [0, 0.05) is 19.2 Å². The van der Waals surface area contributed by atoms with Crippen LogP contribution < -0.4 is 14.4 Å². The Kier molecular flexibility index (Phi) is 6.26. The van der Waals surface area contributed by atoms with Gasteiger partial charge in [0.2, 0.25) is 10.0 Å². The SMILES string of the molecule is CCOc1cccc(CNC(=O)c2cccc(N(C)S(C)(=O)=O)c2C)c1. The Bertz CT molecular complexity index is 894. The molecule has 1 N–H and O–H groups in total. The van der Waals surface area contributed by atoms with E-state index in [1.807, 2.05) is 31.2 Å². The zero-order valence-electron chi connectivity index (χ0n) is 15.4. The third-order valence-corrected chi connectivity index (χ3v) is 5.24. The summed E-state index contributed by atoms with van der Waals surface area (Å²) in [4.78, 5) is 12.6. The summed E-state index contributed by atoms with van der Waals surface area (Å²) in [7, 11) is -1.93. The molecule has 0 radical (unpaired) electrons. The molecule has 6 nitrogen and oxygen atoms in total. The quantitative estimate of drug-likeness (QED) is 0.806. The summed E-state index contributed by atoms with van der Waals surface area (Å²) in [5.74, 6) is 0.500. The van der Waals surface area contributed by atoms with E-state index in [9.17, 15) is 13.2 Å². The van der Waals surface area contributed by atoms with Crippen LogP contribution in [0.25, 0.3) is 0 Å². The van der Waals surface area contributed by atoms with Gasteiger partial charge in [-0.1, -0.05) is 18.2 Å². The second-order valence-corrected chi connectivity index (χ2v) is 7.96. The van der Waals surface area contributed by atoms with Crippen molar-refractivity contribution < 1.29 is 17.9 Å². The summed E-state index contributed by atoms with van der Waals surface area (Å²) in [5, 5.41) is 2.87. The summed E-state index contributed by atoms with van der Waals surface area (Å²) in [6, 6.07) is 12.6. The predicted molar refractivity (Wildman–Crippen MR) is 103 cm³/mol. The number of carbonyl (C=O) groups excluding carboxylic acids is 1. The average Bonchev–Trinajstić information content (AvgIpc) is 2.59. The Hall–Kier alpha value is -2.54. The first-order valence-corrected chi connectivity index (χ1v) is 10.1. The summed E-state index contributed by atoms with van der Waals surface area (Å²) in [6.45, 7) is 4.58. The molecule has 0 bridgehead atoms. The molecule has 0 fully saturated rings. The molecule has 2 rings (SSSR count). The van der Waals surface area contributed by atoms with Crippen LogP contribution in [0.1, 0.15) is 28.4 Å². The maximum absolute atomic E-state index is 12.6. The van der Waals surface area contributed by atoms with Gasteiger partial charge in [-0.05, 0) is 49.2 Å². The molecule has 0 aromatic heterocycles. The highest BCUT2D eigenvalue weighted by Crippen LogP contribution is 2.24. The molecule has 0 unspecified atom stereocenters. The summed E-state index contributed by atoms with van der Waals surface area (Å²) in [6.07, 6.45) is 1.13. The van der Waals surface area contributed by atoms with Crippen molar-refractivity contribution in [1.82, 2.24) is 5.32 Å². The molecule has 0 heterocycles. The molecule has 0 atom stereocenters. The molecule has 140 valence electrons. The Balaban J connectivity index is 2.16. The summed E-state index contributed by atoms with van der Waals surface area (Å²) in [5.41, 5.74) is 2.46. The fraction of sp³-hybridized carbons (Fsp3) is 0.316. The van der Waals surface area contributed by atoms with Crippen LogP contribution in [0, 0.1) is 6.92 Å². The number of sulfonamides is 1. The molecule has 0 aliphatic rings. The van der Waals surface area contributed by atoms with E-state index < -0.39 is 10.0 Å². The van der Waals surface area contributed by atoms with Crippen LogP contribution in [0.3, 0.4) is 0 Å². The lowest BCUT2D eigenvalue weighted by molar-refractivity contribution is 0.0950. The van der Waals surface area contributed by atoms with E-state index in [2.05, 4.69) is 5.32 Å². The first kappa shape index (κ1) is 19.8. The van der Waals surface area contributed by atoms with Gasteiger partial charge in [0.25, 0.3) is 5.91 Å².